The minimum Gasteiger partial charge on any atom is -0.463 e. The van der Waals surface area contributed by atoms with E-state index in [-0.39, 0.29) is 12.2 Å². The zero-order chi connectivity index (χ0) is 21.3. The number of rotatable bonds is 8. The number of piperazine rings is 1. The molecule has 1 amide bonds. The highest BCUT2D eigenvalue weighted by molar-refractivity contribution is 7.92. The quantitative estimate of drug-likeness (QED) is 0.259. The van der Waals surface area contributed by atoms with E-state index in [1.54, 1.807) is 17.3 Å². The summed E-state index contributed by atoms with van der Waals surface area (Å²) in [5.74, 6) is 0.385. The van der Waals surface area contributed by atoms with E-state index in [9.17, 15) is 4.79 Å². The molecule has 1 aromatic rings. The summed E-state index contributed by atoms with van der Waals surface area (Å²) in [5, 5.41) is 0. The number of carbonyl (C=O) groups excluding carboxylic acids is 1. The molecule has 2 aliphatic rings. The predicted molar refractivity (Wildman–Crippen MR) is 113 cm³/mol. The molecule has 0 aliphatic carbocycles. The van der Waals surface area contributed by atoms with Crippen LogP contribution in [0.4, 0.5) is 10.5 Å². The number of likely N-dealkylation sites (tertiary alicyclic amines) is 1. The summed E-state index contributed by atoms with van der Waals surface area (Å²) in [6, 6.07) is 0.392. The number of nitrogens with zero attached hydrogens (tertiary/aromatic N) is 5. The van der Waals surface area contributed by atoms with Gasteiger partial charge < -0.3 is 19.3 Å². The van der Waals surface area contributed by atoms with Crippen molar-refractivity contribution in [2.75, 3.05) is 57.9 Å². The average molecular weight is 442 g/mol. The van der Waals surface area contributed by atoms with E-state index in [0.29, 0.717) is 31.6 Å². The van der Waals surface area contributed by atoms with E-state index in [1.807, 2.05) is 13.8 Å². The van der Waals surface area contributed by atoms with Crippen LogP contribution in [0.3, 0.4) is 0 Å². The summed E-state index contributed by atoms with van der Waals surface area (Å²) in [5.41, 5.74) is 0.983. The molecule has 0 radical (unpaired) electrons. The van der Waals surface area contributed by atoms with Gasteiger partial charge >= 0.3 is 12.1 Å². The van der Waals surface area contributed by atoms with Crippen molar-refractivity contribution < 1.29 is 23.5 Å². The van der Waals surface area contributed by atoms with Crippen molar-refractivity contribution in [3.8, 4) is 6.01 Å². The summed E-state index contributed by atoms with van der Waals surface area (Å²) in [6.45, 7) is 9.11. The van der Waals surface area contributed by atoms with E-state index in [4.69, 9.17) is 13.8 Å². The lowest BCUT2D eigenvalue weighted by molar-refractivity contribution is -0.163. The molecule has 2 saturated heterocycles. The van der Waals surface area contributed by atoms with Gasteiger partial charge in [0.1, 0.15) is 12.2 Å². The zero-order valence-corrected chi connectivity index (χ0v) is 18.7. The maximum atomic E-state index is 12.0. The fourth-order valence-corrected chi connectivity index (χ4v) is 3.85. The molecule has 168 valence electrons. The first-order valence-corrected chi connectivity index (χ1v) is 11.0. The number of hydrogen-bond acceptors (Lipinski definition) is 10. The number of anilines is 1. The summed E-state index contributed by atoms with van der Waals surface area (Å²) in [4.78, 5) is 29.3. The van der Waals surface area contributed by atoms with Gasteiger partial charge in [0, 0.05) is 39.3 Å². The Hall–Kier alpha value is -1.82. The van der Waals surface area contributed by atoms with Crippen LogP contribution in [-0.2, 0) is 14.0 Å². The van der Waals surface area contributed by atoms with Gasteiger partial charge in [-0.25, -0.2) is 24.0 Å². The maximum absolute atomic E-state index is 12.0. The van der Waals surface area contributed by atoms with E-state index in [1.165, 1.54) is 19.3 Å². The maximum Gasteiger partial charge on any atom is 0.410 e. The van der Waals surface area contributed by atoms with Crippen LogP contribution >= 0.6 is 12.2 Å². The SMILES string of the molecule is COOSN1CCN(c2cnc(OCC3CCN(C(=O)OC(C)C)CC3)nc2)CC1. The van der Waals surface area contributed by atoms with Crippen LogP contribution in [0, 0.1) is 5.92 Å². The van der Waals surface area contributed by atoms with Crippen LogP contribution < -0.4 is 9.64 Å². The van der Waals surface area contributed by atoms with Crippen LogP contribution in [0.5, 0.6) is 6.01 Å². The van der Waals surface area contributed by atoms with Gasteiger partial charge in [0.05, 0.1) is 37.9 Å². The Kier molecular flexibility index (Phi) is 8.79. The second-order valence-electron chi connectivity index (χ2n) is 7.62. The van der Waals surface area contributed by atoms with Gasteiger partial charge in [-0.3, -0.25) is 0 Å². The molecule has 0 saturated carbocycles. The molecule has 30 heavy (non-hydrogen) atoms. The predicted octanol–water partition coefficient (Wildman–Crippen LogP) is 2.38. The lowest BCUT2D eigenvalue weighted by Crippen LogP contribution is -2.43. The van der Waals surface area contributed by atoms with Gasteiger partial charge in [-0.1, -0.05) is 0 Å². The molecule has 0 atom stereocenters. The number of carbonyl (C=O) groups is 1. The molecule has 2 fully saturated rings. The van der Waals surface area contributed by atoms with E-state index in [0.717, 1.165) is 44.7 Å². The first-order valence-electron chi connectivity index (χ1n) is 10.3. The van der Waals surface area contributed by atoms with Gasteiger partial charge in [-0.15, -0.1) is 4.33 Å². The standard InChI is InChI=1S/C19H31N5O5S/c1-15(2)28-19(25)23-6-4-16(5-7-23)14-27-18-20-12-17(13-21-18)22-8-10-24(11-9-22)30-29-26-3/h12-13,15-16H,4-11,14H2,1-3H3. The fourth-order valence-electron chi connectivity index (χ4n) is 3.39. The number of aromatic nitrogens is 2. The summed E-state index contributed by atoms with van der Waals surface area (Å²) in [7, 11) is 1.50. The molecule has 0 aromatic carbocycles. The average Bonchev–Trinajstić information content (AvgIpc) is 2.77. The smallest absolute Gasteiger partial charge is 0.410 e. The first kappa shape index (κ1) is 22.9. The molecule has 3 heterocycles. The molecule has 0 N–H and O–H groups in total. The summed E-state index contributed by atoms with van der Waals surface area (Å²) in [6.07, 6.45) is 5.07. The van der Waals surface area contributed by atoms with Crippen molar-refractivity contribution in [3.05, 3.63) is 12.4 Å². The third kappa shape index (κ3) is 6.86. The zero-order valence-electron chi connectivity index (χ0n) is 17.9. The number of hydrogen-bond donors (Lipinski definition) is 0. The third-order valence-corrected chi connectivity index (χ3v) is 5.85. The Morgan fingerprint density at radius 2 is 1.80 bits per heavy atom. The van der Waals surface area contributed by atoms with Crippen LogP contribution in [0.1, 0.15) is 26.7 Å². The van der Waals surface area contributed by atoms with Crippen molar-refractivity contribution in [3.63, 3.8) is 0 Å². The van der Waals surface area contributed by atoms with Crippen molar-refractivity contribution in [2.24, 2.45) is 5.92 Å². The molecule has 2 aliphatic heterocycles. The molecule has 0 bridgehead atoms. The van der Waals surface area contributed by atoms with Gasteiger partial charge in [-0.05, 0) is 32.6 Å². The van der Waals surface area contributed by atoms with Crippen LogP contribution in [0.2, 0.25) is 0 Å². The Balaban J connectivity index is 1.37. The second-order valence-corrected chi connectivity index (χ2v) is 8.42. The second kappa shape index (κ2) is 11.5. The van der Waals surface area contributed by atoms with Gasteiger partial charge in [0.15, 0.2) is 0 Å². The Labute approximate surface area is 182 Å². The Morgan fingerprint density at radius 3 is 2.40 bits per heavy atom. The molecule has 3 rings (SSSR count). The molecule has 10 nitrogen and oxygen atoms in total. The molecular weight excluding hydrogens is 410 g/mol. The highest BCUT2D eigenvalue weighted by Gasteiger charge is 2.25. The molecule has 1 aromatic heterocycles. The largest absolute Gasteiger partial charge is 0.463 e. The highest BCUT2D eigenvalue weighted by Crippen LogP contribution is 2.21. The van der Waals surface area contributed by atoms with Gasteiger partial charge in [0.25, 0.3) is 0 Å². The minimum atomic E-state index is -0.228. The minimum absolute atomic E-state index is 0.0916. The topological polar surface area (TPSA) is 89.5 Å². The van der Waals surface area contributed by atoms with Crippen molar-refractivity contribution in [1.29, 1.82) is 0 Å². The van der Waals surface area contributed by atoms with Crippen molar-refractivity contribution in [1.82, 2.24) is 19.2 Å². The van der Waals surface area contributed by atoms with Crippen LogP contribution in [0.25, 0.3) is 0 Å². The number of piperidine rings is 1. The lowest BCUT2D eigenvalue weighted by atomic mass is 9.98. The van der Waals surface area contributed by atoms with Crippen molar-refractivity contribution in [2.45, 2.75) is 32.8 Å². The fraction of sp³-hybridized carbons (Fsp3) is 0.737. The molecule has 0 unspecified atom stereocenters. The monoisotopic (exact) mass is 441 g/mol. The summed E-state index contributed by atoms with van der Waals surface area (Å²) < 4.78 is 18.0. The number of ether oxygens (including phenoxy) is 2. The number of amides is 1. The van der Waals surface area contributed by atoms with Crippen LogP contribution in [-0.4, -0.2) is 84.4 Å². The highest BCUT2D eigenvalue weighted by atomic mass is 32.2. The summed E-state index contributed by atoms with van der Waals surface area (Å²) >= 11 is 1.23. The van der Waals surface area contributed by atoms with E-state index >= 15 is 0 Å². The Bertz CT molecular complexity index is 649. The lowest BCUT2D eigenvalue weighted by Gasteiger charge is -2.33. The Morgan fingerprint density at radius 1 is 1.13 bits per heavy atom. The normalized spacial score (nSPS) is 18.7. The molecule has 0 spiro atoms. The van der Waals surface area contributed by atoms with E-state index < -0.39 is 0 Å². The van der Waals surface area contributed by atoms with E-state index in [2.05, 4.69) is 24.1 Å². The van der Waals surface area contributed by atoms with Crippen molar-refractivity contribution >= 4 is 24.0 Å². The molecular formula is C19H31N5O5S. The van der Waals surface area contributed by atoms with Gasteiger partial charge in [0.2, 0.25) is 0 Å². The molecule has 11 heteroatoms. The third-order valence-electron chi connectivity index (χ3n) is 5.08. The first-order chi connectivity index (χ1) is 14.5. The van der Waals surface area contributed by atoms with Gasteiger partial charge in [-0.2, -0.15) is 0 Å². The van der Waals surface area contributed by atoms with Crippen LogP contribution in [0.15, 0.2) is 12.4 Å².